The van der Waals surface area contributed by atoms with Crippen molar-refractivity contribution in [2.24, 2.45) is 0 Å². The fourth-order valence-corrected chi connectivity index (χ4v) is 2.77. The first-order valence-corrected chi connectivity index (χ1v) is 8.43. The summed E-state index contributed by atoms with van der Waals surface area (Å²) in [5.74, 6) is 2.34. The van der Waals surface area contributed by atoms with Crippen molar-refractivity contribution in [3.05, 3.63) is 36.3 Å². The van der Waals surface area contributed by atoms with Crippen molar-refractivity contribution < 1.29 is 19.0 Å². The lowest BCUT2D eigenvalue weighted by Gasteiger charge is -2.24. The Kier molecular flexibility index (Phi) is 5.85. The molecule has 1 saturated heterocycles. The molecule has 8 nitrogen and oxygen atoms in total. The van der Waals surface area contributed by atoms with Crippen molar-refractivity contribution in [2.45, 2.75) is 18.8 Å². The molecule has 0 spiro atoms. The maximum Gasteiger partial charge on any atom is 0.320 e. The molecule has 2 aromatic heterocycles. The molecule has 0 radical (unpaired) electrons. The van der Waals surface area contributed by atoms with Gasteiger partial charge in [-0.3, -0.25) is 10.3 Å². The SMILES string of the molecule is CNC(=O)Nc1cc(Oc2cncc(OC)c2)c(C2CCCOC2)cn1. The van der Waals surface area contributed by atoms with Crippen molar-refractivity contribution in [1.82, 2.24) is 15.3 Å². The summed E-state index contributed by atoms with van der Waals surface area (Å²) in [6.45, 7) is 1.40. The number of amides is 2. The number of nitrogens with zero attached hydrogens (tertiary/aromatic N) is 2. The van der Waals surface area contributed by atoms with Gasteiger partial charge in [-0.15, -0.1) is 0 Å². The van der Waals surface area contributed by atoms with E-state index in [0.29, 0.717) is 29.7 Å². The van der Waals surface area contributed by atoms with Crippen molar-refractivity contribution in [3.8, 4) is 17.2 Å². The van der Waals surface area contributed by atoms with Gasteiger partial charge in [-0.05, 0) is 12.8 Å². The van der Waals surface area contributed by atoms with Crippen LogP contribution in [0.15, 0.2) is 30.7 Å². The van der Waals surface area contributed by atoms with E-state index in [1.54, 1.807) is 44.9 Å². The molecule has 0 aliphatic carbocycles. The highest BCUT2D eigenvalue weighted by Crippen LogP contribution is 2.36. The third-order valence-corrected chi connectivity index (χ3v) is 4.12. The first kappa shape index (κ1) is 17.9. The largest absolute Gasteiger partial charge is 0.495 e. The van der Waals surface area contributed by atoms with E-state index in [4.69, 9.17) is 14.2 Å². The molecule has 8 heteroatoms. The van der Waals surface area contributed by atoms with Gasteiger partial charge in [0.2, 0.25) is 0 Å². The zero-order chi connectivity index (χ0) is 18.4. The lowest BCUT2D eigenvalue weighted by atomic mass is 9.94. The summed E-state index contributed by atoms with van der Waals surface area (Å²) in [6.07, 6.45) is 6.93. The van der Waals surface area contributed by atoms with E-state index < -0.39 is 0 Å². The van der Waals surface area contributed by atoms with Gasteiger partial charge in [0.1, 0.15) is 23.1 Å². The van der Waals surface area contributed by atoms with E-state index in [2.05, 4.69) is 20.6 Å². The first-order valence-electron chi connectivity index (χ1n) is 8.43. The van der Waals surface area contributed by atoms with Gasteiger partial charge in [0, 0.05) is 43.5 Å². The van der Waals surface area contributed by atoms with Crippen molar-refractivity contribution >= 4 is 11.8 Å². The van der Waals surface area contributed by atoms with Gasteiger partial charge in [-0.2, -0.15) is 0 Å². The Balaban J connectivity index is 1.91. The predicted molar refractivity (Wildman–Crippen MR) is 96.0 cm³/mol. The second-order valence-corrected chi connectivity index (χ2v) is 5.89. The molecule has 138 valence electrons. The minimum atomic E-state index is -0.347. The van der Waals surface area contributed by atoms with Gasteiger partial charge in [0.15, 0.2) is 0 Å². The van der Waals surface area contributed by atoms with Crippen LogP contribution >= 0.6 is 0 Å². The monoisotopic (exact) mass is 358 g/mol. The molecule has 2 amide bonds. The Labute approximate surface area is 151 Å². The smallest absolute Gasteiger partial charge is 0.320 e. The number of rotatable bonds is 5. The second kappa shape index (κ2) is 8.48. The molecule has 1 aliphatic heterocycles. The molecule has 0 aromatic carbocycles. The summed E-state index contributed by atoms with van der Waals surface area (Å²) in [5, 5.41) is 5.16. The van der Waals surface area contributed by atoms with E-state index in [1.165, 1.54) is 0 Å². The van der Waals surface area contributed by atoms with Crippen LogP contribution in [0, 0.1) is 0 Å². The summed E-state index contributed by atoms with van der Waals surface area (Å²) < 4.78 is 16.8. The third kappa shape index (κ3) is 4.40. The maximum absolute atomic E-state index is 11.6. The fraction of sp³-hybridized carbons (Fsp3) is 0.389. The Morgan fingerprint density at radius 3 is 2.85 bits per heavy atom. The highest BCUT2D eigenvalue weighted by molar-refractivity contribution is 5.88. The van der Waals surface area contributed by atoms with Crippen LogP contribution in [0.4, 0.5) is 10.6 Å². The van der Waals surface area contributed by atoms with E-state index >= 15 is 0 Å². The maximum atomic E-state index is 11.6. The Hall–Kier alpha value is -2.87. The zero-order valence-electron chi connectivity index (χ0n) is 14.8. The van der Waals surface area contributed by atoms with Gasteiger partial charge in [-0.25, -0.2) is 9.78 Å². The van der Waals surface area contributed by atoms with Crippen LogP contribution < -0.4 is 20.1 Å². The standard InChI is InChI=1S/C18H22N4O4/c1-19-18(23)22-17-7-16(26-14-6-13(24-2)8-20-9-14)15(10-21-17)12-4-3-5-25-11-12/h6-10,12H,3-5,11H2,1-2H3,(H2,19,21,22,23). The summed E-state index contributed by atoms with van der Waals surface area (Å²) in [4.78, 5) is 20.0. The van der Waals surface area contributed by atoms with Crippen molar-refractivity contribution in [1.29, 1.82) is 0 Å². The second-order valence-electron chi connectivity index (χ2n) is 5.89. The number of pyridine rings is 2. The van der Waals surface area contributed by atoms with Crippen molar-refractivity contribution in [2.75, 3.05) is 32.7 Å². The lowest BCUT2D eigenvalue weighted by Crippen LogP contribution is -2.25. The molecule has 3 heterocycles. The highest BCUT2D eigenvalue weighted by Gasteiger charge is 2.22. The Morgan fingerprint density at radius 2 is 2.12 bits per heavy atom. The molecule has 1 fully saturated rings. The number of nitrogens with one attached hydrogen (secondary N) is 2. The summed E-state index contributed by atoms with van der Waals surface area (Å²) in [5.41, 5.74) is 0.940. The van der Waals surface area contributed by atoms with Crippen LogP contribution in [-0.4, -0.2) is 43.4 Å². The minimum Gasteiger partial charge on any atom is -0.495 e. The van der Waals surface area contributed by atoms with Crippen LogP contribution in [0.3, 0.4) is 0 Å². The summed E-state index contributed by atoms with van der Waals surface area (Å²) in [7, 11) is 3.12. The first-order chi connectivity index (χ1) is 12.7. The van der Waals surface area contributed by atoms with Crippen LogP contribution in [0.5, 0.6) is 17.2 Å². The van der Waals surface area contributed by atoms with E-state index in [9.17, 15) is 4.79 Å². The molecule has 0 saturated carbocycles. The highest BCUT2D eigenvalue weighted by atomic mass is 16.5. The van der Waals surface area contributed by atoms with Gasteiger partial charge in [-0.1, -0.05) is 0 Å². The van der Waals surface area contributed by atoms with Gasteiger partial charge in [0.25, 0.3) is 0 Å². The fourth-order valence-electron chi connectivity index (χ4n) is 2.77. The number of ether oxygens (including phenoxy) is 3. The zero-order valence-corrected chi connectivity index (χ0v) is 14.8. The van der Waals surface area contributed by atoms with Crippen LogP contribution in [0.25, 0.3) is 0 Å². The Bertz CT molecular complexity index is 763. The average Bonchev–Trinajstić information content (AvgIpc) is 2.69. The minimum absolute atomic E-state index is 0.193. The summed E-state index contributed by atoms with van der Waals surface area (Å²) >= 11 is 0. The number of methoxy groups -OCH3 is 1. The number of aromatic nitrogens is 2. The molecule has 0 bridgehead atoms. The molecule has 1 aliphatic rings. The van der Waals surface area contributed by atoms with E-state index in [0.717, 1.165) is 25.0 Å². The molecule has 1 atom stereocenters. The molecular weight excluding hydrogens is 336 g/mol. The van der Waals surface area contributed by atoms with Crippen LogP contribution in [0.2, 0.25) is 0 Å². The number of hydrogen-bond acceptors (Lipinski definition) is 6. The molecule has 3 rings (SSSR count). The van der Waals surface area contributed by atoms with Crippen molar-refractivity contribution in [3.63, 3.8) is 0 Å². The van der Waals surface area contributed by atoms with E-state index in [-0.39, 0.29) is 11.9 Å². The quantitative estimate of drug-likeness (QED) is 0.853. The molecule has 26 heavy (non-hydrogen) atoms. The normalized spacial score (nSPS) is 16.6. The van der Waals surface area contributed by atoms with Crippen LogP contribution in [0.1, 0.15) is 24.3 Å². The van der Waals surface area contributed by atoms with Gasteiger partial charge < -0.3 is 19.5 Å². The third-order valence-electron chi connectivity index (χ3n) is 4.12. The van der Waals surface area contributed by atoms with Gasteiger partial charge >= 0.3 is 6.03 Å². The number of carbonyl (C=O) groups is 1. The van der Waals surface area contributed by atoms with E-state index in [1.807, 2.05) is 0 Å². The number of urea groups is 1. The summed E-state index contributed by atoms with van der Waals surface area (Å²) in [6, 6.07) is 3.11. The molecular formula is C18H22N4O4. The van der Waals surface area contributed by atoms with Gasteiger partial charge in [0.05, 0.1) is 26.1 Å². The molecule has 2 aromatic rings. The number of anilines is 1. The molecule has 1 unspecified atom stereocenters. The predicted octanol–water partition coefficient (Wildman–Crippen LogP) is 2.92. The average molecular weight is 358 g/mol. The number of carbonyl (C=O) groups excluding carboxylic acids is 1. The number of hydrogen-bond donors (Lipinski definition) is 2. The van der Waals surface area contributed by atoms with Crippen LogP contribution in [-0.2, 0) is 4.74 Å². The Morgan fingerprint density at radius 1 is 1.27 bits per heavy atom. The topological polar surface area (TPSA) is 94.6 Å². The molecule has 2 N–H and O–H groups in total. The lowest BCUT2D eigenvalue weighted by molar-refractivity contribution is 0.0797.